The topological polar surface area (TPSA) is 42.2 Å². The minimum absolute atomic E-state index is 0.594. The predicted octanol–water partition coefficient (Wildman–Crippen LogP) is 4.34. The first kappa shape index (κ1) is 14.3. The number of fused-ring (bicyclic) bond motifs is 1. The minimum Gasteiger partial charge on any atom is -0.440 e. The summed E-state index contributed by atoms with van der Waals surface area (Å²) in [5.41, 5.74) is 2.79. The zero-order valence-electron chi connectivity index (χ0n) is 12.6. The van der Waals surface area contributed by atoms with E-state index in [1.54, 1.807) is 6.20 Å². The van der Waals surface area contributed by atoms with Crippen molar-refractivity contribution in [1.29, 1.82) is 0 Å². The molecule has 0 radical (unpaired) electrons. The van der Waals surface area contributed by atoms with E-state index in [1.807, 2.05) is 42.5 Å². The second kappa shape index (κ2) is 6.05. The second-order valence-electron chi connectivity index (χ2n) is 5.58. The molecule has 0 spiro atoms. The molecule has 0 saturated heterocycles. The normalized spacial score (nSPS) is 14.4. The predicted molar refractivity (Wildman–Crippen MR) is 90.6 cm³/mol. The molecule has 0 bridgehead atoms. The van der Waals surface area contributed by atoms with Crippen LogP contribution in [0, 0.1) is 0 Å². The van der Waals surface area contributed by atoms with E-state index in [1.165, 1.54) is 0 Å². The Bertz CT molecular complexity index is 816. The van der Waals surface area contributed by atoms with Gasteiger partial charge in [0.05, 0.1) is 17.3 Å². The summed E-state index contributed by atoms with van der Waals surface area (Å²) in [4.78, 5) is 11.3. The van der Waals surface area contributed by atoms with E-state index in [2.05, 4.69) is 14.9 Å². The Morgan fingerprint density at radius 2 is 1.96 bits per heavy atom. The fraction of sp³-hybridized carbons (Fsp3) is 0.222. The van der Waals surface area contributed by atoms with Crippen LogP contribution in [0.2, 0.25) is 5.02 Å². The van der Waals surface area contributed by atoms with Gasteiger partial charge < -0.3 is 9.32 Å². The van der Waals surface area contributed by atoms with Gasteiger partial charge in [-0.15, -0.1) is 0 Å². The molecule has 1 aromatic carbocycles. The number of aryl methyl sites for hydroxylation is 1. The van der Waals surface area contributed by atoms with Crippen molar-refractivity contribution in [3.05, 3.63) is 65.1 Å². The molecule has 2 aromatic heterocycles. The van der Waals surface area contributed by atoms with E-state index in [4.69, 9.17) is 16.0 Å². The number of hydrogen-bond donors (Lipinski definition) is 0. The number of nitrogens with zero attached hydrogens (tertiary/aromatic N) is 3. The molecule has 3 aromatic rings. The third-order valence-electron chi connectivity index (χ3n) is 4.03. The van der Waals surface area contributed by atoms with Crippen LogP contribution in [-0.4, -0.2) is 16.5 Å². The van der Waals surface area contributed by atoms with Crippen molar-refractivity contribution in [3.63, 3.8) is 0 Å². The smallest absolute Gasteiger partial charge is 0.245 e. The van der Waals surface area contributed by atoms with E-state index in [-0.39, 0.29) is 0 Å². The van der Waals surface area contributed by atoms with Crippen LogP contribution < -0.4 is 4.90 Å². The van der Waals surface area contributed by atoms with Crippen LogP contribution in [0.3, 0.4) is 0 Å². The highest BCUT2D eigenvalue weighted by Gasteiger charge is 2.22. The van der Waals surface area contributed by atoms with E-state index in [9.17, 15) is 0 Å². The summed E-state index contributed by atoms with van der Waals surface area (Å²) in [6, 6.07) is 13.7. The molecule has 1 aliphatic rings. The van der Waals surface area contributed by atoms with E-state index < -0.39 is 0 Å². The molecule has 5 heteroatoms. The maximum absolute atomic E-state index is 6.34. The number of pyridine rings is 1. The molecular weight excluding hydrogens is 310 g/mol. The highest BCUT2D eigenvalue weighted by atomic mass is 35.5. The molecular formula is C18H16ClN3O. The standard InChI is InChI=1S/C18H16ClN3O/c19-13-6-1-2-8-16(13)22-11-5-9-17-15(12-22)21-18(23-17)14-7-3-4-10-20-14/h1-4,6-8,10H,5,9,11-12H2. The lowest BCUT2D eigenvalue weighted by Crippen LogP contribution is -2.23. The van der Waals surface area contributed by atoms with Crippen LogP contribution in [0.5, 0.6) is 0 Å². The summed E-state index contributed by atoms with van der Waals surface area (Å²) in [6.45, 7) is 1.64. The Kier molecular flexibility index (Phi) is 3.75. The monoisotopic (exact) mass is 325 g/mol. The van der Waals surface area contributed by atoms with E-state index >= 15 is 0 Å². The van der Waals surface area contributed by atoms with Crippen LogP contribution in [0.25, 0.3) is 11.6 Å². The van der Waals surface area contributed by atoms with Gasteiger partial charge in [0.25, 0.3) is 0 Å². The molecule has 4 nitrogen and oxygen atoms in total. The van der Waals surface area contributed by atoms with Crippen molar-refractivity contribution in [2.24, 2.45) is 0 Å². The maximum Gasteiger partial charge on any atom is 0.245 e. The van der Waals surface area contributed by atoms with Gasteiger partial charge in [0.1, 0.15) is 17.1 Å². The summed E-state index contributed by atoms with van der Waals surface area (Å²) in [5.74, 6) is 1.55. The first-order chi connectivity index (χ1) is 11.3. The number of halogens is 1. The summed E-state index contributed by atoms with van der Waals surface area (Å²) >= 11 is 6.34. The third-order valence-corrected chi connectivity index (χ3v) is 4.35. The van der Waals surface area contributed by atoms with Gasteiger partial charge in [0.15, 0.2) is 0 Å². The Morgan fingerprint density at radius 1 is 1.09 bits per heavy atom. The molecule has 0 N–H and O–H groups in total. The van der Waals surface area contributed by atoms with Gasteiger partial charge in [0.2, 0.25) is 5.89 Å². The zero-order valence-corrected chi connectivity index (χ0v) is 13.3. The number of para-hydroxylation sites is 1. The van der Waals surface area contributed by atoms with Crippen molar-refractivity contribution in [2.75, 3.05) is 11.4 Å². The molecule has 0 unspecified atom stereocenters. The van der Waals surface area contributed by atoms with Crippen molar-refractivity contribution < 1.29 is 4.42 Å². The minimum atomic E-state index is 0.594. The lowest BCUT2D eigenvalue weighted by atomic mass is 10.2. The summed E-state index contributed by atoms with van der Waals surface area (Å²) in [6.07, 6.45) is 3.64. The number of anilines is 1. The number of benzene rings is 1. The number of aromatic nitrogens is 2. The van der Waals surface area contributed by atoms with Gasteiger partial charge >= 0.3 is 0 Å². The molecule has 3 heterocycles. The van der Waals surface area contributed by atoms with Crippen molar-refractivity contribution in [1.82, 2.24) is 9.97 Å². The molecule has 23 heavy (non-hydrogen) atoms. The van der Waals surface area contributed by atoms with E-state index in [0.29, 0.717) is 12.4 Å². The van der Waals surface area contributed by atoms with Gasteiger partial charge in [-0.3, -0.25) is 4.98 Å². The number of rotatable bonds is 2. The SMILES string of the molecule is Clc1ccccc1N1CCCc2oc(-c3ccccn3)nc2C1. The Labute approximate surface area is 139 Å². The molecule has 116 valence electrons. The Hall–Kier alpha value is -2.33. The van der Waals surface area contributed by atoms with Crippen molar-refractivity contribution in [3.8, 4) is 11.6 Å². The third kappa shape index (κ3) is 2.82. The summed E-state index contributed by atoms with van der Waals surface area (Å²) < 4.78 is 5.95. The number of oxazole rings is 1. The lowest BCUT2D eigenvalue weighted by molar-refractivity contribution is 0.511. The fourth-order valence-corrected chi connectivity index (χ4v) is 3.16. The number of hydrogen-bond acceptors (Lipinski definition) is 4. The van der Waals surface area contributed by atoms with Crippen LogP contribution in [0.1, 0.15) is 17.9 Å². The first-order valence-electron chi connectivity index (χ1n) is 7.71. The van der Waals surface area contributed by atoms with Crippen molar-refractivity contribution in [2.45, 2.75) is 19.4 Å². The quantitative estimate of drug-likeness (QED) is 0.702. The lowest BCUT2D eigenvalue weighted by Gasteiger charge is -2.23. The molecule has 4 rings (SSSR count). The van der Waals surface area contributed by atoms with E-state index in [0.717, 1.165) is 47.2 Å². The summed E-state index contributed by atoms with van der Waals surface area (Å²) in [7, 11) is 0. The van der Waals surface area contributed by atoms with Gasteiger partial charge in [-0.25, -0.2) is 4.98 Å². The second-order valence-corrected chi connectivity index (χ2v) is 5.99. The van der Waals surface area contributed by atoms with Gasteiger partial charge in [-0.2, -0.15) is 0 Å². The van der Waals surface area contributed by atoms with Gasteiger partial charge in [-0.05, 0) is 30.7 Å². The Morgan fingerprint density at radius 3 is 2.78 bits per heavy atom. The van der Waals surface area contributed by atoms with Crippen LogP contribution in [-0.2, 0) is 13.0 Å². The van der Waals surface area contributed by atoms with Crippen LogP contribution in [0.4, 0.5) is 5.69 Å². The molecule has 0 fully saturated rings. The average molecular weight is 326 g/mol. The molecule has 0 atom stereocenters. The first-order valence-corrected chi connectivity index (χ1v) is 8.08. The van der Waals surface area contributed by atoms with Crippen LogP contribution in [0.15, 0.2) is 53.1 Å². The Balaban J connectivity index is 1.67. The average Bonchev–Trinajstić information content (AvgIpc) is 2.88. The largest absolute Gasteiger partial charge is 0.440 e. The molecule has 0 aliphatic carbocycles. The fourth-order valence-electron chi connectivity index (χ4n) is 2.91. The molecule has 0 saturated carbocycles. The highest BCUT2D eigenvalue weighted by molar-refractivity contribution is 6.33. The van der Waals surface area contributed by atoms with Gasteiger partial charge in [-0.1, -0.05) is 29.8 Å². The summed E-state index contributed by atoms with van der Waals surface area (Å²) in [5, 5.41) is 0.768. The van der Waals surface area contributed by atoms with Crippen molar-refractivity contribution >= 4 is 17.3 Å². The van der Waals surface area contributed by atoms with Gasteiger partial charge in [0, 0.05) is 19.2 Å². The maximum atomic E-state index is 6.34. The molecule has 0 amide bonds. The zero-order chi connectivity index (χ0) is 15.6. The highest BCUT2D eigenvalue weighted by Crippen LogP contribution is 2.31. The molecule has 1 aliphatic heterocycles. The van der Waals surface area contributed by atoms with Crippen LogP contribution >= 0.6 is 11.6 Å².